The van der Waals surface area contributed by atoms with Crippen molar-refractivity contribution in [2.75, 3.05) is 6.61 Å². The van der Waals surface area contributed by atoms with Crippen LogP contribution in [-0.2, 0) is 16.0 Å². The molecule has 1 aromatic rings. The summed E-state index contributed by atoms with van der Waals surface area (Å²) in [7, 11) is 0. The molecule has 0 bridgehead atoms. The second-order valence-corrected chi connectivity index (χ2v) is 4.99. The highest BCUT2D eigenvalue weighted by Crippen LogP contribution is 2.24. The molecule has 19 heavy (non-hydrogen) atoms. The molecule has 0 unspecified atom stereocenters. The summed E-state index contributed by atoms with van der Waals surface area (Å²) in [5.41, 5.74) is 1.04. The van der Waals surface area contributed by atoms with Crippen molar-refractivity contribution in [2.45, 2.75) is 44.4 Å². The summed E-state index contributed by atoms with van der Waals surface area (Å²) >= 11 is 0. The minimum atomic E-state index is -0.788. The van der Waals surface area contributed by atoms with E-state index in [1.807, 2.05) is 37.3 Å². The van der Waals surface area contributed by atoms with E-state index in [9.17, 15) is 9.90 Å². The molecule has 1 aromatic carbocycles. The first-order valence-corrected chi connectivity index (χ1v) is 6.83. The summed E-state index contributed by atoms with van der Waals surface area (Å²) < 4.78 is 5.48. The lowest BCUT2D eigenvalue weighted by Crippen LogP contribution is -2.52. The molecule has 0 aromatic heterocycles. The Bertz CT molecular complexity index is 401. The zero-order valence-electron chi connectivity index (χ0n) is 11.2. The van der Waals surface area contributed by atoms with Crippen LogP contribution >= 0.6 is 0 Å². The van der Waals surface area contributed by atoms with Crippen LogP contribution in [0, 0.1) is 0 Å². The first kappa shape index (κ1) is 14.0. The highest BCUT2D eigenvalue weighted by molar-refractivity contribution is 5.74. The van der Waals surface area contributed by atoms with E-state index in [1.54, 1.807) is 0 Å². The van der Waals surface area contributed by atoms with Crippen molar-refractivity contribution in [2.24, 2.45) is 0 Å². The quantitative estimate of drug-likeness (QED) is 0.788. The van der Waals surface area contributed by atoms with Crippen molar-refractivity contribution >= 4 is 5.97 Å². The summed E-state index contributed by atoms with van der Waals surface area (Å²) in [5.74, 6) is -0.788. The van der Waals surface area contributed by atoms with Crippen molar-refractivity contribution in [1.29, 1.82) is 0 Å². The molecule has 2 rings (SSSR count). The number of carboxylic acid groups (broad SMARTS) is 1. The van der Waals surface area contributed by atoms with Gasteiger partial charge in [-0.2, -0.15) is 0 Å². The molecule has 1 aliphatic rings. The molecule has 1 saturated carbocycles. The molecule has 0 spiro atoms. The topological polar surface area (TPSA) is 58.6 Å². The molecule has 1 aliphatic carbocycles. The number of carboxylic acids is 1. The van der Waals surface area contributed by atoms with Crippen LogP contribution in [0.5, 0.6) is 0 Å². The minimum Gasteiger partial charge on any atom is -0.480 e. The van der Waals surface area contributed by atoms with E-state index >= 15 is 0 Å². The number of ether oxygens (including phenoxy) is 1. The van der Waals surface area contributed by atoms with Crippen LogP contribution in [0.4, 0.5) is 0 Å². The van der Waals surface area contributed by atoms with Gasteiger partial charge in [-0.05, 0) is 31.7 Å². The highest BCUT2D eigenvalue weighted by Gasteiger charge is 2.32. The van der Waals surface area contributed by atoms with E-state index in [4.69, 9.17) is 4.74 Å². The lowest BCUT2D eigenvalue weighted by Gasteiger charge is -2.37. The van der Waals surface area contributed by atoms with Crippen molar-refractivity contribution in [1.82, 2.24) is 5.32 Å². The van der Waals surface area contributed by atoms with Gasteiger partial charge in [0.2, 0.25) is 0 Å². The zero-order valence-corrected chi connectivity index (χ0v) is 11.2. The third-order valence-electron chi connectivity index (χ3n) is 3.51. The smallest absolute Gasteiger partial charge is 0.321 e. The summed E-state index contributed by atoms with van der Waals surface area (Å²) in [6.07, 6.45) is 2.64. The van der Waals surface area contributed by atoms with Crippen molar-refractivity contribution in [3.05, 3.63) is 35.9 Å². The molecule has 0 aliphatic heterocycles. The fraction of sp³-hybridized carbons (Fsp3) is 0.533. The van der Waals surface area contributed by atoms with Gasteiger partial charge in [0.1, 0.15) is 6.04 Å². The maximum Gasteiger partial charge on any atom is 0.321 e. The van der Waals surface area contributed by atoms with E-state index in [-0.39, 0.29) is 6.04 Å². The van der Waals surface area contributed by atoms with Crippen LogP contribution < -0.4 is 5.32 Å². The van der Waals surface area contributed by atoms with Crippen LogP contribution in [0.1, 0.15) is 25.3 Å². The van der Waals surface area contributed by atoms with Gasteiger partial charge in [0, 0.05) is 12.6 Å². The zero-order chi connectivity index (χ0) is 13.7. The molecule has 2 N–H and O–H groups in total. The molecule has 0 amide bonds. The van der Waals surface area contributed by atoms with Crippen molar-refractivity contribution in [3.63, 3.8) is 0 Å². The predicted octanol–water partition coefficient (Wildman–Crippen LogP) is 1.84. The van der Waals surface area contributed by atoms with Crippen LogP contribution in [0.15, 0.2) is 30.3 Å². The Hall–Kier alpha value is -1.39. The Morgan fingerprint density at radius 3 is 2.68 bits per heavy atom. The summed E-state index contributed by atoms with van der Waals surface area (Å²) in [6.45, 7) is 2.71. The Kier molecular flexibility index (Phi) is 4.93. The molecular weight excluding hydrogens is 242 g/mol. The summed E-state index contributed by atoms with van der Waals surface area (Å²) in [5, 5.41) is 12.5. The van der Waals surface area contributed by atoms with Gasteiger partial charge in [-0.25, -0.2) is 0 Å². The standard InChI is InChI=1S/C15H21NO3/c1-2-19-13-9-12(10-13)16-14(15(17)18)8-11-6-4-3-5-7-11/h3-7,12-14,16H,2,8-10H2,1H3,(H,17,18)/t12?,13?,14-/m1/s1. The normalized spacial score (nSPS) is 23.6. The van der Waals surface area contributed by atoms with Crippen LogP contribution in [-0.4, -0.2) is 35.9 Å². The van der Waals surface area contributed by atoms with Crippen LogP contribution in [0.25, 0.3) is 0 Å². The van der Waals surface area contributed by atoms with Crippen molar-refractivity contribution in [3.8, 4) is 0 Å². The maximum absolute atomic E-state index is 11.3. The lowest BCUT2D eigenvalue weighted by atomic mass is 9.88. The van der Waals surface area contributed by atoms with Crippen LogP contribution in [0.2, 0.25) is 0 Å². The molecule has 4 nitrogen and oxygen atoms in total. The molecular formula is C15H21NO3. The number of hydrogen-bond donors (Lipinski definition) is 2. The van der Waals surface area contributed by atoms with Gasteiger partial charge in [0.05, 0.1) is 6.10 Å². The Morgan fingerprint density at radius 2 is 2.11 bits per heavy atom. The Labute approximate surface area is 113 Å². The lowest BCUT2D eigenvalue weighted by molar-refractivity contribution is -0.140. The highest BCUT2D eigenvalue weighted by atomic mass is 16.5. The number of benzene rings is 1. The Morgan fingerprint density at radius 1 is 1.42 bits per heavy atom. The van der Waals surface area contributed by atoms with E-state index in [1.165, 1.54) is 0 Å². The Balaban J connectivity index is 1.83. The largest absolute Gasteiger partial charge is 0.480 e. The molecule has 1 atom stereocenters. The number of carbonyl (C=O) groups is 1. The third kappa shape index (κ3) is 4.04. The summed E-state index contributed by atoms with van der Waals surface area (Å²) in [4.78, 5) is 11.3. The molecule has 0 radical (unpaired) electrons. The number of hydrogen-bond acceptors (Lipinski definition) is 3. The van der Waals surface area contributed by atoms with E-state index in [0.717, 1.165) is 25.0 Å². The van der Waals surface area contributed by atoms with E-state index in [2.05, 4.69) is 5.32 Å². The van der Waals surface area contributed by atoms with Gasteiger partial charge in [0.15, 0.2) is 0 Å². The van der Waals surface area contributed by atoms with Gasteiger partial charge in [0.25, 0.3) is 0 Å². The average molecular weight is 263 g/mol. The van der Waals surface area contributed by atoms with Gasteiger partial charge in [-0.3, -0.25) is 4.79 Å². The predicted molar refractivity (Wildman–Crippen MR) is 73.1 cm³/mol. The van der Waals surface area contributed by atoms with Crippen molar-refractivity contribution < 1.29 is 14.6 Å². The average Bonchev–Trinajstić information content (AvgIpc) is 2.36. The third-order valence-corrected chi connectivity index (χ3v) is 3.51. The van der Waals surface area contributed by atoms with Gasteiger partial charge < -0.3 is 15.2 Å². The fourth-order valence-electron chi connectivity index (χ4n) is 2.43. The van der Waals surface area contributed by atoms with E-state index in [0.29, 0.717) is 12.5 Å². The number of rotatable bonds is 7. The van der Waals surface area contributed by atoms with Gasteiger partial charge >= 0.3 is 5.97 Å². The summed E-state index contributed by atoms with van der Waals surface area (Å²) in [6, 6.07) is 9.47. The minimum absolute atomic E-state index is 0.265. The SMILES string of the molecule is CCOC1CC(N[C@H](Cc2ccccc2)C(=O)O)C1. The van der Waals surface area contributed by atoms with Gasteiger partial charge in [-0.15, -0.1) is 0 Å². The fourth-order valence-corrected chi connectivity index (χ4v) is 2.43. The number of nitrogens with one attached hydrogen (secondary N) is 1. The first-order valence-electron chi connectivity index (χ1n) is 6.83. The molecule has 104 valence electrons. The molecule has 0 saturated heterocycles. The van der Waals surface area contributed by atoms with Crippen LogP contribution in [0.3, 0.4) is 0 Å². The molecule has 4 heteroatoms. The second kappa shape index (κ2) is 6.68. The number of aliphatic carboxylic acids is 1. The van der Waals surface area contributed by atoms with E-state index < -0.39 is 12.0 Å². The second-order valence-electron chi connectivity index (χ2n) is 4.99. The monoisotopic (exact) mass is 263 g/mol. The molecule has 1 fully saturated rings. The molecule has 0 heterocycles. The maximum atomic E-state index is 11.3. The first-order chi connectivity index (χ1) is 9.19. The van der Waals surface area contributed by atoms with Gasteiger partial charge in [-0.1, -0.05) is 30.3 Å².